The lowest BCUT2D eigenvalue weighted by molar-refractivity contribution is 0.0977. The average Bonchev–Trinajstić information content (AvgIpc) is 2.60. The molecule has 5 nitrogen and oxygen atoms in total. The second-order valence-electron chi connectivity index (χ2n) is 6.10. The standard InChI is InChI=1S/C20H24N2O3S/c1-4-24-17-9-5-7-15(11-17)19(23)22-20(26)21-16-8-6-10-18(12-16)25-13-14(2)3/h5-12,14H,4,13H2,1-3H3,(H2,21,22,23,26). The molecule has 0 saturated heterocycles. The van der Waals surface area contributed by atoms with Crippen LogP contribution in [0.4, 0.5) is 5.69 Å². The second-order valence-corrected chi connectivity index (χ2v) is 6.51. The zero-order chi connectivity index (χ0) is 18.9. The van der Waals surface area contributed by atoms with Crippen LogP contribution in [0.3, 0.4) is 0 Å². The number of thiocarbonyl (C=S) groups is 1. The monoisotopic (exact) mass is 372 g/mol. The van der Waals surface area contributed by atoms with Crippen LogP contribution in [0.15, 0.2) is 48.5 Å². The molecule has 2 rings (SSSR count). The van der Waals surface area contributed by atoms with Crippen LogP contribution in [0.5, 0.6) is 11.5 Å². The number of carbonyl (C=O) groups excluding carboxylic acids is 1. The SMILES string of the molecule is CCOc1cccc(C(=O)NC(=S)Nc2cccc(OCC(C)C)c2)c1. The topological polar surface area (TPSA) is 59.6 Å². The zero-order valence-corrected chi connectivity index (χ0v) is 16.1. The first-order chi connectivity index (χ1) is 12.5. The molecule has 138 valence electrons. The highest BCUT2D eigenvalue weighted by Gasteiger charge is 2.09. The van der Waals surface area contributed by atoms with E-state index in [1.165, 1.54) is 0 Å². The number of rotatable bonds is 7. The summed E-state index contributed by atoms with van der Waals surface area (Å²) in [5, 5.41) is 5.89. The third-order valence-corrected chi connectivity index (χ3v) is 3.51. The molecule has 2 aromatic rings. The Labute approximate surface area is 159 Å². The van der Waals surface area contributed by atoms with E-state index in [0.29, 0.717) is 30.4 Å². The molecule has 0 aliphatic rings. The Morgan fingerprint density at radius 1 is 1.08 bits per heavy atom. The molecular formula is C20H24N2O3S. The average molecular weight is 372 g/mol. The summed E-state index contributed by atoms with van der Waals surface area (Å²) in [6, 6.07) is 14.4. The van der Waals surface area contributed by atoms with Gasteiger partial charge in [-0.15, -0.1) is 0 Å². The first-order valence-corrected chi connectivity index (χ1v) is 8.96. The maximum absolute atomic E-state index is 12.3. The van der Waals surface area contributed by atoms with Gasteiger partial charge in [0, 0.05) is 17.3 Å². The lowest BCUT2D eigenvalue weighted by Crippen LogP contribution is -2.34. The Hall–Kier alpha value is -2.60. The molecular weight excluding hydrogens is 348 g/mol. The Kier molecular flexibility index (Phi) is 7.41. The zero-order valence-electron chi connectivity index (χ0n) is 15.2. The van der Waals surface area contributed by atoms with Gasteiger partial charge in [0.05, 0.1) is 13.2 Å². The first-order valence-electron chi connectivity index (χ1n) is 8.56. The number of amides is 1. The predicted molar refractivity (Wildman–Crippen MR) is 108 cm³/mol. The van der Waals surface area contributed by atoms with E-state index < -0.39 is 0 Å². The highest BCUT2D eigenvalue weighted by atomic mass is 32.1. The number of carbonyl (C=O) groups is 1. The van der Waals surface area contributed by atoms with Crippen molar-refractivity contribution in [1.82, 2.24) is 5.32 Å². The van der Waals surface area contributed by atoms with E-state index in [9.17, 15) is 4.79 Å². The number of nitrogens with one attached hydrogen (secondary N) is 2. The minimum Gasteiger partial charge on any atom is -0.494 e. The molecule has 26 heavy (non-hydrogen) atoms. The highest BCUT2D eigenvalue weighted by molar-refractivity contribution is 7.80. The maximum atomic E-state index is 12.3. The summed E-state index contributed by atoms with van der Waals surface area (Å²) in [6.07, 6.45) is 0. The van der Waals surface area contributed by atoms with Gasteiger partial charge in [0.25, 0.3) is 5.91 Å². The van der Waals surface area contributed by atoms with Crippen molar-refractivity contribution < 1.29 is 14.3 Å². The van der Waals surface area contributed by atoms with Crippen molar-refractivity contribution in [3.63, 3.8) is 0 Å². The molecule has 0 spiro atoms. The molecule has 0 fully saturated rings. The van der Waals surface area contributed by atoms with Gasteiger partial charge >= 0.3 is 0 Å². The largest absolute Gasteiger partial charge is 0.494 e. The summed E-state index contributed by atoms with van der Waals surface area (Å²) in [6.45, 7) is 7.26. The van der Waals surface area contributed by atoms with Crippen LogP contribution < -0.4 is 20.1 Å². The van der Waals surface area contributed by atoms with Crippen LogP contribution in [-0.2, 0) is 0 Å². The lowest BCUT2D eigenvalue weighted by atomic mass is 10.2. The summed E-state index contributed by atoms with van der Waals surface area (Å²) >= 11 is 5.23. The van der Waals surface area contributed by atoms with Gasteiger partial charge in [0.2, 0.25) is 0 Å². The highest BCUT2D eigenvalue weighted by Crippen LogP contribution is 2.18. The molecule has 0 radical (unpaired) electrons. The molecule has 0 atom stereocenters. The first kappa shape index (κ1) is 19.7. The second kappa shape index (κ2) is 9.77. The van der Waals surface area contributed by atoms with E-state index in [1.807, 2.05) is 31.2 Å². The van der Waals surface area contributed by atoms with E-state index in [2.05, 4.69) is 24.5 Å². The predicted octanol–water partition coefficient (Wildman–Crippen LogP) is 4.25. The van der Waals surface area contributed by atoms with Gasteiger partial charge in [0.15, 0.2) is 5.11 Å². The van der Waals surface area contributed by atoms with E-state index in [0.717, 1.165) is 11.4 Å². The summed E-state index contributed by atoms with van der Waals surface area (Å²) in [5.74, 6) is 1.55. The number of hydrogen-bond donors (Lipinski definition) is 2. The molecule has 1 amide bonds. The molecule has 0 aliphatic heterocycles. The van der Waals surface area contributed by atoms with Crippen LogP contribution in [0, 0.1) is 5.92 Å². The van der Waals surface area contributed by atoms with E-state index >= 15 is 0 Å². The Morgan fingerprint density at radius 3 is 2.46 bits per heavy atom. The smallest absolute Gasteiger partial charge is 0.257 e. The molecule has 0 aliphatic carbocycles. The molecule has 0 bridgehead atoms. The molecule has 2 N–H and O–H groups in total. The summed E-state index contributed by atoms with van der Waals surface area (Å²) in [4.78, 5) is 12.3. The summed E-state index contributed by atoms with van der Waals surface area (Å²) in [5.41, 5.74) is 1.23. The van der Waals surface area contributed by atoms with Crippen molar-refractivity contribution in [3.8, 4) is 11.5 Å². The number of benzene rings is 2. The van der Waals surface area contributed by atoms with E-state index in [4.69, 9.17) is 21.7 Å². The summed E-state index contributed by atoms with van der Waals surface area (Å²) in [7, 11) is 0. The van der Waals surface area contributed by atoms with Gasteiger partial charge in [0.1, 0.15) is 11.5 Å². The van der Waals surface area contributed by atoms with Crippen LogP contribution in [-0.4, -0.2) is 24.2 Å². The fourth-order valence-electron chi connectivity index (χ4n) is 2.16. The Morgan fingerprint density at radius 2 is 1.77 bits per heavy atom. The Bertz CT molecular complexity index is 762. The molecule has 0 unspecified atom stereocenters. The number of anilines is 1. The quantitative estimate of drug-likeness (QED) is 0.712. The maximum Gasteiger partial charge on any atom is 0.257 e. The van der Waals surface area contributed by atoms with Gasteiger partial charge in [-0.2, -0.15) is 0 Å². The van der Waals surface area contributed by atoms with Gasteiger partial charge < -0.3 is 14.8 Å². The fraction of sp³-hybridized carbons (Fsp3) is 0.300. The van der Waals surface area contributed by atoms with Gasteiger partial charge in [-0.1, -0.05) is 26.0 Å². The van der Waals surface area contributed by atoms with E-state index in [1.54, 1.807) is 24.3 Å². The minimum atomic E-state index is -0.295. The molecule has 0 aromatic heterocycles. The molecule has 2 aromatic carbocycles. The Balaban J connectivity index is 1.94. The third kappa shape index (κ3) is 6.37. The minimum absolute atomic E-state index is 0.220. The van der Waals surface area contributed by atoms with Crippen molar-refractivity contribution >= 4 is 28.9 Å². The number of ether oxygens (including phenoxy) is 2. The molecule has 0 saturated carbocycles. The summed E-state index contributed by atoms with van der Waals surface area (Å²) < 4.78 is 11.1. The van der Waals surface area contributed by atoms with Crippen molar-refractivity contribution in [3.05, 3.63) is 54.1 Å². The van der Waals surface area contributed by atoms with Crippen molar-refractivity contribution in [2.75, 3.05) is 18.5 Å². The van der Waals surface area contributed by atoms with Crippen LogP contribution in [0.25, 0.3) is 0 Å². The van der Waals surface area contributed by atoms with Gasteiger partial charge in [-0.3, -0.25) is 10.1 Å². The van der Waals surface area contributed by atoms with E-state index in [-0.39, 0.29) is 11.0 Å². The molecule has 6 heteroatoms. The normalized spacial score (nSPS) is 10.3. The van der Waals surface area contributed by atoms with Crippen molar-refractivity contribution in [2.24, 2.45) is 5.92 Å². The van der Waals surface area contributed by atoms with Crippen LogP contribution >= 0.6 is 12.2 Å². The van der Waals surface area contributed by atoms with Crippen LogP contribution in [0.2, 0.25) is 0 Å². The fourth-order valence-corrected chi connectivity index (χ4v) is 2.37. The third-order valence-electron chi connectivity index (χ3n) is 3.31. The van der Waals surface area contributed by atoms with Gasteiger partial charge in [-0.25, -0.2) is 0 Å². The van der Waals surface area contributed by atoms with Crippen molar-refractivity contribution in [2.45, 2.75) is 20.8 Å². The lowest BCUT2D eigenvalue weighted by Gasteiger charge is -2.12. The molecule has 0 heterocycles. The van der Waals surface area contributed by atoms with Gasteiger partial charge in [-0.05, 0) is 55.4 Å². The van der Waals surface area contributed by atoms with Crippen LogP contribution in [0.1, 0.15) is 31.1 Å². The number of hydrogen-bond acceptors (Lipinski definition) is 4. The van der Waals surface area contributed by atoms with Crippen molar-refractivity contribution in [1.29, 1.82) is 0 Å².